The standard InChI is InChI=1S/C25H28O4.Li/c1-17(2)8-7-9-18(3)12-15-21-22(26)16-20(23(24(21)27)25(28)29)14-13-19-10-5-4-6-11-19;/h4-6,8,10-14,16,26-27H,7,9,15H2,1-3H3,(H,28,29);/q;+1/p-1/b14-13+,18-12+;. The Morgan fingerprint density at radius 1 is 1.03 bits per heavy atom. The Balaban J connectivity index is 0.00000450. The molecule has 152 valence electrons. The molecule has 0 aliphatic rings. The van der Waals surface area contributed by atoms with E-state index in [1.54, 1.807) is 12.2 Å². The fourth-order valence-electron chi connectivity index (χ4n) is 2.98. The number of carboxylic acids is 1. The van der Waals surface area contributed by atoms with Crippen LogP contribution in [0.3, 0.4) is 0 Å². The number of carbonyl (C=O) groups is 1. The van der Waals surface area contributed by atoms with E-state index in [0.29, 0.717) is 0 Å². The van der Waals surface area contributed by atoms with Gasteiger partial charge in [0, 0.05) is 11.1 Å². The molecule has 2 rings (SSSR count). The second kappa shape index (κ2) is 12.1. The van der Waals surface area contributed by atoms with Gasteiger partial charge < -0.3 is 20.1 Å². The molecule has 0 atom stereocenters. The maximum atomic E-state index is 11.7. The van der Waals surface area contributed by atoms with E-state index >= 15 is 0 Å². The van der Waals surface area contributed by atoms with E-state index in [-0.39, 0.29) is 47.7 Å². The van der Waals surface area contributed by atoms with Crippen LogP contribution in [-0.2, 0) is 6.42 Å². The predicted octanol–water partition coefficient (Wildman–Crippen LogP) is 1.87. The summed E-state index contributed by atoms with van der Waals surface area (Å²) < 4.78 is 0. The third-order valence-corrected chi connectivity index (χ3v) is 4.62. The average molecular weight is 398 g/mol. The summed E-state index contributed by atoms with van der Waals surface area (Å²) in [5.41, 5.74) is 3.28. The molecule has 0 bridgehead atoms. The molecule has 0 aliphatic carbocycles. The third kappa shape index (κ3) is 7.30. The second-order valence-corrected chi connectivity index (χ2v) is 7.29. The smallest absolute Gasteiger partial charge is 0.545 e. The molecule has 2 aromatic carbocycles. The van der Waals surface area contributed by atoms with Gasteiger partial charge >= 0.3 is 18.9 Å². The Morgan fingerprint density at radius 3 is 2.30 bits per heavy atom. The van der Waals surface area contributed by atoms with Crippen LogP contribution in [0.5, 0.6) is 11.5 Å². The Kier molecular flexibility index (Phi) is 10.2. The molecule has 0 spiro atoms. The fraction of sp³-hybridized carbons (Fsp3) is 0.240. The third-order valence-electron chi connectivity index (χ3n) is 4.62. The maximum Gasteiger partial charge on any atom is 1.00 e. The topological polar surface area (TPSA) is 80.6 Å². The number of aromatic hydroxyl groups is 2. The molecule has 0 heterocycles. The summed E-state index contributed by atoms with van der Waals surface area (Å²) in [6, 6.07) is 10.7. The summed E-state index contributed by atoms with van der Waals surface area (Å²) in [7, 11) is 0. The molecule has 2 N–H and O–H groups in total. The van der Waals surface area contributed by atoms with Gasteiger partial charge in [0.1, 0.15) is 11.5 Å². The maximum absolute atomic E-state index is 11.7. The van der Waals surface area contributed by atoms with Gasteiger partial charge in [-0.05, 0) is 57.2 Å². The summed E-state index contributed by atoms with van der Waals surface area (Å²) in [6.45, 7) is 6.07. The minimum absolute atomic E-state index is 0. The number of allylic oxidation sites excluding steroid dienone is 4. The van der Waals surface area contributed by atoms with Crippen molar-refractivity contribution in [3.63, 3.8) is 0 Å². The van der Waals surface area contributed by atoms with Gasteiger partial charge in [-0.2, -0.15) is 0 Å². The Bertz CT molecular complexity index is 953. The van der Waals surface area contributed by atoms with E-state index in [0.717, 1.165) is 24.0 Å². The summed E-state index contributed by atoms with van der Waals surface area (Å²) in [5, 5.41) is 32.6. The Hall–Kier alpha value is -2.67. The van der Waals surface area contributed by atoms with Gasteiger partial charge in [0.05, 0.1) is 5.97 Å². The summed E-state index contributed by atoms with van der Waals surface area (Å²) >= 11 is 0. The van der Waals surface area contributed by atoms with Crippen LogP contribution in [0.15, 0.2) is 59.7 Å². The van der Waals surface area contributed by atoms with Crippen molar-refractivity contribution >= 4 is 18.1 Å². The van der Waals surface area contributed by atoms with Crippen molar-refractivity contribution in [3.8, 4) is 11.5 Å². The number of hydrogen-bond donors (Lipinski definition) is 2. The van der Waals surface area contributed by atoms with Gasteiger partial charge in [-0.3, -0.25) is 0 Å². The molecule has 0 aromatic heterocycles. The van der Waals surface area contributed by atoms with Crippen molar-refractivity contribution in [3.05, 3.63) is 82.0 Å². The number of phenolic OH excluding ortho intramolecular Hbond substituents is 1. The van der Waals surface area contributed by atoms with E-state index < -0.39 is 11.7 Å². The van der Waals surface area contributed by atoms with Crippen LogP contribution in [0.2, 0.25) is 0 Å². The van der Waals surface area contributed by atoms with Gasteiger partial charge in [-0.25, -0.2) is 0 Å². The Morgan fingerprint density at radius 2 is 1.70 bits per heavy atom. The van der Waals surface area contributed by atoms with Gasteiger partial charge in [-0.1, -0.05) is 65.8 Å². The van der Waals surface area contributed by atoms with Gasteiger partial charge in [0.2, 0.25) is 0 Å². The Labute approximate surface area is 190 Å². The van der Waals surface area contributed by atoms with E-state index in [2.05, 4.69) is 6.08 Å². The number of aromatic carboxylic acids is 1. The first kappa shape index (κ1) is 25.4. The molecule has 0 amide bonds. The minimum Gasteiger partial charge on any atom is -0.545 e. The number of benzene rings is 2. The van der Waals surface area contributed by atoms with E-state index in [1.807, 2.05) is 57.2 Å². The first-order valence-corrected chi connectivity index (χ1v) is 9.61. The van der Waals surface area contributed by atoms with E-state index in [1.165, 1.54) is 11.6 Å². The molecule has 5 heteroatoms. The number of hydrogen-bond acceptors (Lipinski definition) is 4. The van der Waals surface area contributed by atoms with Gasteiger partial charge in [0.25, 0.3) is 0 Å². The number of carbonyl (C=O) groups excluding carboxylic acids is 1. The fourth-order valence-corrected chi connectivity index (χ4v) is 2.98. The molecule has 0 unspecified atom stereocenters. The monoisotopic (exact) mass is 398 g/mol. The summed E-state index contributed by atoms with van der Waals surface area (Å²) in [4.78, 5) is 11.7. The molecule has 30 heavy (non-hydrogen) atoms. The molecule has 0 saturated heterocycles. The SMILES string of the molecule is CC(C)=CCC/C(C)=C/Cc1c(O)cc(/C=C/c2ccccc2)c(C(=O)[O-])c1O.[Li+]. The summed E-state index contributed by atoms with van der Waals surface area (Å²) in [6.07, 6.45) is 9.31. The molecule has 4 nitrogen and oxygen atoms in total. The van der Waals surface area contributed by atoms with Crippen molar-refractivity contribution in [2.24, 2.45) is 0 Å². The summed E-state index contributed by atoms with van der Waals surface area (Å²) in [5.74, 6) is -2.08. The van der Waals surface area contributed by atoms with Crippen molar-refractivity contribution in [2.75, 3.05) is 0 Å². The number of carboxylic acid groups (broad SMARTS) is 1. The van der Waals surface area contributed by atoms with Crippen LogP contribution in [0.1, 0.15) is 60.7 Å². The molecule has 2 aromatic rings. The number of phenols is 2. The zero-order valence-electron chi connectivity index (χ0n) is 18.1. The van der Waals surface area contributed by atoms with Crippen molar-refractivity contribution in [1.82, 2.24) is 0 Å². The normalized spacial score (nSPS) is 11.2. The first-order valence-electron chi connectivity index (χ1n) is 9.61. The van der Waals surface area contributed by atoms with Crippen molar-refractivity contribution in [1.29, 1.82) is 0 Å². The zero-order valence-corrected chi connectivity index (χ0v) is 18.1. The van der Waals surface area contributed by atoms with Crippen LogP contribution in [0.4, 0.5) is 0 Å². The van der Waals surface area contributed by atoms with Gasteiger partial charge in [0.15, 0.2) is 0 Å². The molecule has 0 aliphatic heterocycles. The zero-order chi connectivity index (χ0) is 21.4. The van der Waals surface area contributed by atoms with Crippen LogP contribution < -0.4 is 24.0 Å². The largest absolute Gasteiger partial charge is 1.00 e. The van der Waals surface area contributed by atoms with Gasteiger partial charge in [-0.15, -0.1) is 0 Å². The first-order chi connectivity index (χ1) is 13.8. The predicted molar refractivity (Wildman–Crippen MR) is 116 cm³/mol. The molecule has 0 radical (unpaired) electrons. The average Bonchev–Trinajstić information content (AvgIpc) is 2.66. The van der Waals surface area contributed by atoms with E-state index in [4.69, 9.17) is 0 Å². The van der Waals surface area contributed by atoms with Crippen LogP contribution >= 0.6 is 0 Å². The molecular weight excluding hydrogens is 371 g/mol. The quantitative estimate of drug-likeness (QED) is 0.404. The molecular formula is C25H27LiO4. The minimum atomic E-state index is -1.49. The molecule has 0 fully saturated rings. The molecule has 0 saturated carbocycles. The van der Waals surface area contributed by atoms with Crippen molar-refractivity contribution in [2.45, 2.75) is 40.0 Å². The van der Waals surface area contributed by atoms with Crippen LogP contribution in [0, 0.1) is 0 Å². The van der Waals surface area contributed by atoms with Crippen LogP contribution in [-0.4, -0.2) is 16.2 Å². The van der Waals surface area contributed by atoms with E-state index in [9.17, 15) is 20.1 Å². The van der Waals surface area contributed by atoms with Crippen molar-refractivity contribution < 1.29 is 39.0 Å². The number of rotatable bonds is 8. The van der Waals surface area contributed by atoms with Crippen LogP contribution in [0.25, 0.3) is 12.2 Å². The second-order valence-electron chi connectivity index (χ2n) is 7.29.